The van der Waals surface area contributed by atoms with E-state index in [0.29, 0.717) is 0 Å². The monoisotopic (exact) mass is 422 g/mol. The molecule has 0 saturated carbocycles. The van der Waals surface area contributed by atoms with E-state index in [9.17, 15) is 70.7 Å². The average Bonchev–Trinajstić information content (AvgIpc) is 2.35. The molecule has 0 aromatic heterocycles. The molecule has 25 heavy (non-hydrogen) atoms. The molecule has 150 valence electrons. The molecule has 0 radical (unpaired) electrons. The first-order valence-corrected chi connectivity index (χ1v) is 5.01. The lowest BCUT2D eigenvalue weighted by molar-refractivity contribution is -0.450. The molecule has 0 aromatic rings. The van der Waals surface area contributed by atoms with Crippen molar-refractivity contribution in [1.82, 2.24) is 0 Å². The van der Waals surface area contributed by atoms with Crippen LogP contribution in [-0.4, -0.2) is 52.8 Å². The molecule has 0 saturated heterocycles. The van der Waals surface area contributed by atoms with Gasteiger partial charge in [-0.3, -0.25) is 0 Å². The Kier molecular flexibility index (Phi) is 5.11. The minimum Gasteiger partial charge on any atom is -0.477 e. The van der Waals surface area contributed by atoms with Crippen LogP contribution in [0.4, 0.5) is 65.9 Å². The fraction of sp³-hybridized carbons (Fsp3) is 0.875. The Hall–Kier alpha value is -1.58. The van der Waals surface area contributed by atoms with Crippen molar-refractivity contribution < 1.29 is 75.8 Å². The van der Waals surface area contributed by atoms with Gasteiger partial charge >= 0.3 is 47.7 Å². The van der Waals surface area contributed by atoms with Crippen molar-refractivity contribution in [2.75, 3.05) is 0 Å². The normalized spacial score (nSPS) is 16.1. The van der Waals surface area contributed by atoms with Crippen molar-refractivity contribution in [2.24, 2.45) is 0 Å². The standard InChI is InChI=1S/C8HF15O2/c9-2(10,1(24)25)3(11,12)4(13,14)5(15,16)6(17,18)7(19,20)8(21,22)23/h(H,24,25)/i1+1,2+1,3+1,4+1,5+1,6+1,7+1,8+1. The Bertz CT molecular complexity index is 530. The summed E-state index contributed by atoms with van der Waals surface area (Å²) in [5.41, 5.74) is 0. The predicted molar refractivity (Wildman–Crippen MR) is 43.4 cm³/mol. The highest BCUT2D eigenvalue weighted by Crippen LogP contribution is 2.62. The van der Waals surface area contributed by atoms with E-state index in [4.69, 9.17) is 5.11 Å². The van der Waals surface area contributed by atoms with E-state index in [1.807, 2.05) is 0 Å². The van der Waals surface area contributed by atoms with Crippen molar-refractivity contribution in [1.29, 1.82) is 0 Å². The number of alkyl halides is 15. The quantitative estimate of drug-likeness (QED) is 0.508. The molecule has 0 fully saturated rings. The molecule has 0 aromatic carbocycles. The first-order valence-electron chi connectivity index (χ1n) is 5.01. The van der Waals surface area contributed by atoms with Crippen LogP contribution in [0.5, 0.6) is 0 Å². The second kappa shape index (κ2) is 5.46. The number of hydrogen-bond donors (Lipinski definition) is 1. The number of carbonyl (C=O) groups is 1. The summed E-state index contributed by atoms with van der Waals surface area (Å²) in [7, 11) is 0. The molecule has 0 spiro atoms. The summed E-state index contributed by atoms with van der Waals surface area (Å²) in [5.74, 6) is -52.8. The molecule has 1 N–H and O–H groups in total. The van der Waals surface area contributed by atoms with E-state index < -0.39 is 47.7 Å². The van der Waals surface area contributed by atoms with Crippen molar-refractivity contribution >= 4 is 5.97 Å². The van der Waals surface area contributed by atoms with Gasteiger partial charge in [-0.2, -0.15) is 65.9 Å². The van der Waals surface area contributed by atoms with Gasteiger partial charge in [-0.25, -0.2) is 4.79 Å². The van der Waals surface area contributed by atoms with Crippen molar-refractivity contribution in [3.63, 3.8) is 0 Å². The zero-order valence-corrected chi connectivity index (χ0v) is 10.5. The molecule has 2 nitrogen and oxygen atoms in total. The first-order chi connectivity index (χ1) is 10.4. The van der Waals surface area contributed by atoms with Crippen LogP contribution in [0.1, 0.15) is 0 Å². The molecule has 0 atom stereocenters. The fourth-order valence-electron chi connectivity index (χ4n) is 1.10. The number of hydrogen-bond acceptors (Lipinski definition) is 1. The lowest BCUT2D eigenvalue weighted by atomic mass is 10.9. The van der Waals surface area contributed by atoms with Crippen molar-refractivity contribution in [3.8, 4) is 0 Å². The van der Waals surface area contributed by atoms with E-state index in [0.717, 1.165) is 0 Å². The van der Waals surface area contributed by atoms with Gasteiger partial charge in [-0.1, -0.05) is 0 Å². The average molecular weight is 422 g/mol. The molecule has 0 amide bonds. The lowest BCUT2D eigenvalue weighted by Gasteiger charge is -2.40. The molecule has 0 heterocycles. The van der Waals surface area contributed by atoms with Gasteiger partial charge in [-0.15, -0.1) is 0 Å². The Balaban J connectivity index is 6.55. The van der Waals surface area contributed by atoms with Crippen LogP contribution in [0.3, 0.4) is 0 Å². The van der Waals surface area contributed by atoms with E-state index in [-0.39, 0.29) is 0 Å². The fourth-order valence-corrected chi connectivity index (χ4v) is 1.10. The minimum atomic E-state index is -8.47. The number of rotatable bonds is 6. The zero-order valence-electron chi connectivity index (χ0n) is 10.5. The number of carboxylic acids is 1. The molecule has 17 heteroatoms. The van der Waals surface area contributed by atoms with Crippen LogP contribution in [0, 0.1) is 0 Å². The molecule has 0 bridgehead atoms. The maximum atomic E-state index is 12.8. The topological polar surface area (TPSA) is 37.3 Å². The van der Waals surface area contributed by atoms with Gasteiger partial charge in [0.1, 0.15) is 0 Å². The summed E-state index contributed by atoms with van der Waals surface area (Å²) < 4.78 is 187. The summed E-state index contributed by atoms with van der Waals surface area (Å²) >= 11 is 0. The van der Waals surface area contributed by atoms with Crippen LogP contribution < -0.4 is 0 Å². The highest BCUT2D eigenvalue weighted by molar-refractivity contribution is 5.77. The Labute approximate surface area is 125 Å². The zero-order chi connectivity index (χ0) is 21.1. The highest BCUT2D eigenvalue weighted by Gasteiger charge is 2.94. The van der Waals surface area contributed by atoms with E-state index in [1.165, 1.54) is 0 Å². The summed E-state index contributed by atoms with van der Waals surface area (Å²) in [6.45, 7) is 0. The Morgan fingerprint density at radius 2 is 0.720 bits per heavy atom. The highest BCUT2D eigenvalue weighted by atomic mass is 19.5. The molecule has 0 rings (SSSR count). The minimum absolute atomic E-state index is 4.28. The summed E-state index contributed by atoms with van der Waals surface area (Å²) in [5, 5.41) is 7.57. The first kappa shape index (κ1) is 23.4. The third-order valence-corrected chi connectivity index (χ3v) is 2.60. The summed E-state index contributed by atoms with van der Waals surface area (Å²) in [4.78, 5) is 9.72. The van der Waals surface area contributed by atoms with Gasteiger partial charge in [0.05, 0.1) is 0 Å². The third-order valence-electron chi connectivity index (χ3n) is 2.60. The number of aliphatic carboxylic acids is 1. The Morgan fingerprint density at radius 1 is 0.480 bits per heavy atom. The van der Waals surface area contributed by atoms with Crippen LogP contribution >= 0.6 is 0 Å². The smallest absolute Gasteiger partial charge is 0.460 e. The molecular weight excluding hydrogens is 421 g/mol. The third kappa shape index (κ3) is 2.74. The van der Waals surface area contributed by atoms with Gasteiger partial charge in [0.15, 0.2) is 0 Å². The van der Waals surface area contributed by atoms with E-state index in [2.05, 4.69) is 0 Å². The van der Waals surface area contributed by atoms with Crippen LogP contribution in [0.15, 0.2) is 0 Å². The molecule has 0 aliphatic heterocycles. The van der Waals surface area contributed by atoms with Gasteiger partial charge in [0.2, 0.25) is 0 Å². The maximum absolute atomic E-state index is 12.8. The lowest BCUT2D eigenvalue weighted by Crippen LogP contribution is -2.73. The van der Waals surface area contributed by atoms with E-state index >= 15 is 0 Å². The number of halogens is 15. The SMILES string of the molecule is O=[13C](O)[13C](F)(F)[13C](F)(F)[13C](F)(F)[13C](F)(F)[13C](F)(F)[13C](F)(F)[13C](F)(F)F. The van der Waals surface area contributed by atoms with Gasteiger partial charge in [0, 0.05) is 0 Å². The van der Waals surface area contributed by atoms with Crippen LogP contribution in [0.2, 0.25) is 0 Å². The van der Waals surface area contributed by atoms with Gasteiger partial charge < -0.3 is 5.11 Å². The van der Waals surface area contributed by atoms with Crippen molar-refractivity contribution in [3.05, 3.63) is 0 Å². The molecule has 0 unspecified atom stereocenters. The van der Waals surface area contributed by atoms with Gasteiger partial charge in [0.25, 0.3) is 0 Å². The van der Waals surface area contributed by atoms with Crippen LogP contribution in [-0.2, 0) is 4.79 Å². The van der Waals surface area contributed by atoms with Crippen LogP contribution in [0.25, 0.3) is 0 Å². The van der Waals surface area contributed by atoms with Gasteiger partial charge in [-0.05, 0) is 0 Å². The molecule has 0 aliphatic carbocycles. The number of carboxylic acid groups (broad SMARTS) is 1. The summed E-state index contributed by atoms with van der Waals surface area (Å²) in [6.07, 6.45) is -7.69. The molecular formula is C8HF15O2. The van der Waals surface area contributed by atoms with E-state index in [1.54, 1.807) is 0 Å². The largest absolute Gasteiger partial charge is 0.477 e. The molecule has 0 aliphatic rings. The second-order valence-corrected chi connectivity index (χ2v) is 4.25. The predicted octanol–water partition coefficient (Wildman–Crippen LogP) is 4.45. The second-order valence-electron chi connectivity index (χ2n) is 4.25. The summed E-state index contributed by atoms with van der Waals surface area (Å²) in [6, 6.07) is 0. The van der Waals surface area contributed by atoms with Crippen molar-refractivity contribution in [2.45, 2.75) is 41.7 Å². The Morgan fingerprint density at radius 3 is 0.960 bits per heavy atom. The maximum Gasteiger partial charge on any atom is 0.460 e.